The number of nitrogens with zero attached hydrogens (tertiary/aromatic N) is 2. The minimum atomic E-state index is -0.137. The maximum Gasteiger partial charge on any atom is 0.265 e. The van der Waals surface area contributed by atoms with E-state index in [1.807, 2.05) is 24.3 Å². The fraction of sp³-hybridized carbons (Fsp3) is 0.200. The van der Waals surface area contributed by atoms with Gasteiger partial charge in [-0.3, -0.25) is 14.5 Å². The van der Waals surface area contributed by atoms with Crippen LogP contribution in [-0.2, 0) is 0 Å². The molecule has 0 amide bonds. The van der Waals surface area contributed by atoms with E-state index in [2.05, 4.69) is 10.2 Å². The van der Waals surface area contributed by atoms with Crippen molar-refractivity contribution >= 4 is 22.4 Å². The maximum absolute atomic E-state index is 12.6. The number of benzene rings is 1. The smallest absolute Gasteiger partial charge is 0.265 e. The minimum absolute atomic E-state index is 0.137. The van der Waals surface area contributed by atoms with Gasteiger partial charge in [-0.15, -0.1) is 0 Å². The summed E-state index contributed by atoms with van der Waals surface area (Å²) in [6.07, 6.45) is 4.13. The average Bonchev–Trinajstić information content (AvgIpc) is 3.18. The highest BCUT2D eigenvalue weighted by molar-refractivity contribution is 6.35. The molecule has 0 saturated heterocycles. The number of H-pyrrole nitrogens is 1. The van der Waals surface area contributed by atoms with Crippen LogP contribution in [0.25, 0.3) is 16.6 Å². The molecule has 0 unspecified atom stereocenters. The van der Waals surface area contributed by atoms with Gasteiger partial charge in [0.25, 0.3) is 5.56 Å². The van der Waals surface area contributed by atoms with Gasteiger partial charge in [-0.05, 0) is 30.4 Å². The fourth-order valence-electron chi connectivity index (χ4n) is 2.48. The molecule has 4 nitrogen and oxygen atoms in total. The number of nitrogens with one attached hydrogen (secondary N) is 1. The first-order valence-electron chi connectivity index (χ1n) is 6.59. The van der Waals surface area contributed by atoms with Crippen molar-refractivity contribution in [2.24, 2.45) is 0 Å². The molecule has 0 aliphatic heterocycles. The van der Waals surface area contributed by atoms with Crippen LogP contribution >= 0.6 is 11.6 Å². The van der Waals surface area contributed by atoms with Crippen LogP contribution in [0.2, 0.25) is 5.02 Å². The van der Waals surface area contributed by atoms with E-state index in [9.17, 15) is 4.79 Å². The molecule has 0 bridgehead atoms. The van der Waals surface area contributed by atoms with Crippen LogP contribution in [0.4, 0.5) is 0 Å². The SMILES string of the molecule is O=c1c2c(Cl)cccc2ccn1-c1cc(C2CC2)[nH]n1. The van der Waals surface area contributed by atoms with Crippen molar-refractivity contribution < 1.29 is 0 Å². The van der Waals surface area contributed by atoms with Gasteiger partial charge >= 0.3 is 0 Å². The Morgan fingerprint density at radius 2 is 2.15 bits per heavy atom. The standard InChI is InChI=1S/C15H12ClN3O/c16-11-3-1-2-10-6-7-19(15(20)14(10)11)13-8-12(17-18-13)9-4-5-9/h1-3,6-9H,4-5H2,(H,17,18). The lowest BCUT2D eigenvalue weighted by molar-refractivity contribution is 0.909. The topological polar surface area (TPSA) is 50.7 Å². The van der Waals surface area contributed by atoms with Gasteiger partial charge in [0.1, 0.15) is 0 Å². The second kappa shape index (κ2) is 4.21. The summed E-state index contributed by atoms with van der Waals surface area (Å²) in [5.74, 6) is 1.20. The summed E-state index contributed by atoms with van der Waals surface area (Å²) in [4.78, 5) is 12.6. The normalized spacial score (nSPS) is 14.8. The Balaban J connectivity index is 1.92. The van der Waals surface area contributed by atoms with E-state index >= 15 is 0 Å². The molecule has 0 radical (unpaired) electrons. The molecule has 1 fully saturated rings. The second-order valence-corrected chi connectivity index (χ2v) is 5.56. The minimum Gasteiger partial charge on any atom is -0.280 e. The third kappa shape index (κ3) is 1.76. The van der Waals surface area contributed by atoms with Crippen LogP contribution in [0.3, 0.4) is 0 Å². The molecular formula is C15H12ClN3O. The Hall–Kier alpha value is -2.07. The number of halogens is 1. The van der Waals surface area contributed by atoms with Crippen LogP contribution in [0.5, 0.6) is 0 Å². The Morgan fingerprint density at radius 1 is 1.30 bits per heavy atom. The molecule has 1 N–H and O–H groups in total. The molecule has 1 aliphatic carbocycles. The third-order valence-corrected chi connectivity index (χ3v) is 4.04. The molecule has 1 aliphatic rings. The Bertz CT molecular complexity index is 861. The highest BCUT2D eigenvalue weighted by Crippen LogP contribution is 2.39. The zero-order chi connectivity index (χ0) is 13.7. The van der Waals surface area contributed by atoms with Gasteiger partial charge in [0, 0.05) is 23.9 Å². The van der Waals surface area contributed by atoms with Gasteiger partial charge in [-0.1, -0.05) is 23.7 Å². The zero-order valence-electron chi connectivity index (χ0n) is 10.6. The molecule has 2 heterocycles. The van der Waals surface area contributed by atoms with Gasteiger partial charge in [0.05, 0.1) is 10.4 Å². The Kier molecular flexibility index (Phi) is 2.47. The Morgan fingerprint density at radius 3 is 2.95 bits per heavy atom. The number of hydrogen-bond donors (Lipinski definition) is 1. The van der Waals surface area contributed by atoms with Crippen molar-refractivity contribution in [2.75, 3.05) is 0 Å². The number of rotatable bonds is 2. The molecule has 5 heteroatoms. The zero-order valence-corrected chi connectivity index (χ0v) is 11.4. The molecular weight excluding hydrogens is 274 g/mol. The van der Waals surface area contributed by atoms with Gasteiger partial charge in [-0.2, -0.15) is 5.10 Å². The molecule has 1 saturated carbocycles. The molecule has 20 heavy (non-hydrogen) atoms. The monoisotopic (exact) mass is 285 g/mol. The number of aromatic nitrogens is 3. The molecule has 3 aromatic rings. The van der Waals surface area contributed by atoms with Crippen LogP contribution in [-0.4, -0.2) is 14.8 Å². The van der Waals surface area contributed by atoms with E-state index < -0.39 is 0 Å². The lowest BCUT2D eigenvalue weighted by Crippen LogP contribution is -2.18. The second-order valence-electron chi connectivity index (χ2n) is 5.15. The number of aromatic amines is 1. The number of hydrogen-bond acceptors (Lipinski definition) is 2. The van der Waals surface area contributed by atoms with Gasteiger partial charge < -0.3 is 0 Å². The fourth-order valence-corrected chi connectivity index (χ4v) is 2.74. The summed E-state index contributed by atoms with van der Waals surface area (Å²) in [5, 5.41) is 9.10. The largest absolute Gasteiger partial charge is 0.280 e. The van der Waals surface area contributed by atoms with Crippen molar-refractivity contribution in [3.63, 3.8) is 0 Å². The van der Waals surface area contributed by atoms with Crippen LogP contribution < -0.4 is 5.56 Å². The van der Waals surface area contributed by atoms with Crippen molar-refractivity contribution in [3.8, 4) is 5.82 Å². The molecule has 4 rings (SSSR count). The first-order valence-corrected chi connectivity index (χ1v) is 6.97. The van der Waals surface area contributed by atoms with Crippen molar-refractivity contribution in [2.45, 2.75) is 18.8 Å². The number of pyridine rings is 1. The summed E-state index contributed by atoms with van der Waals surface area (Å²) in [5.41, 5.74) is 0.966. The summed E-state index contributed by atoms with van der Waals surface area (Å²) >= 11 is 6.15. The summed E-state index contributed by atoms with van der Waals surface area (Å²) in [7, 11) is 0. The van der Waals surface area contributed by atoms with Gasteiger partial charge in [0.2, 0.25) is 0 Å². The van der Waals surface area contributed by atoms with E-state index in [0.29, 0.717) is 22.1 Å². The molecule has 0 atom stereocenters. The van der Waals surface area contributed by atoms with E-state index in [0.717, 1.165) is 11.1 Å². The molecule has 100 valence electrons. The quantitative estimate of drug-likeness (QED) is 0.786. The van der Waals surface area contributed by atoms with Crippen molar-refractivity contribution in [1.82, 2.24) is 14.8 Å². The highest BCUT2D eigenvalue weighted by Gasteiger charge is 2.25. The van der Waals surface area contributed by atoms with Crippen LogP contribution in [0, 0.1) is 0 Å². The first kappa shape index (κ1) is 11.7. The summed E-state index contributed by atoms with van der Waals surface area (Å²) in [6, 6.07) is 9.28. The van der Waals surface area contributed by atoms with Gasteiger partial charge in [0.15, 0.2) is 5.82 Å². The maximum atomic E-state index is 12.6. The van der Waals surface area contributed by atoms with Crippen molar-refractivity contribution in [3.05, 3.63) is 57.6 Å². The predicted molar refractivity (Wildman–Crippen MR) is 78.7 cm³/mol. The van der Waals surface area contributed by atoms with E-state index in [-0.39, 0.29) is 5.56 Å². The van der Waals surface area contributed by atoms with Crippen LogP contribution in [0.15, 0.2) is 41.3 Å². The summed E-state index contributed by atoms with van der Waals surface area (Å²) in [6.45, 7) is 0. The van der Waals surface area contributed by atoms with E-state index in [4.69, 9.17) is 11.6 Å². The Labute approximate surface area is 120 Å². The number of fused-ring (bicyclic) bond motifs is 1. The average molecular weight is 286 g/mol. The van der Waals surface area contributed by atoms with Gasteiger partial charge in [-0.25, -0.2) is 0 Å². The highest BCUT2D eigenvalue weighted by atomic mass is 35.5. The van der Waals surface area contributed by atoms with Crippen LogP contribution in [0.1, 0.15) is 24.5 Å². The molecule has 0 spiro atoms. The third-order valence-electron chi connectivity index (χ3n) is 3.73. The van der Waals surface area contributed by atoms with Crippen molar-refractivity contribution in [1.29, 1.82) is 0 Å². The summed E-state index contributed by atoms with van der Waals surface area (Å²) < 4.78 is 1.54. The van der Waals surface area contributed by atoms with E-state index in [1.54, 1.807) is 12.3 Å². The molecule has 1 aromatic carbocycles. The molecule has 2 aromatic heterocycles. The predicted octanol–water partition coefficient (Wildman–Crippen LogP) is 3.24. The lowest BCUT2D eigenvalue weighted by atomic mass is 10.2. The lowest BCUT2D eigenvalue weighted by Gasteiger charge is -2.04. The van der Waals surface area contributed by atoms with E-state index in [1.165, 1.54) is 17.4 Å². The first-order chi connectivity index (χ1) is 9.74.